The molecule has 7 nitrogen and oxygen atoms in total. The van der Waals surface area contributed by atoms with Crippen LogP contribution in [0.15, 0.2) is 53.6 Å². The second-order valence-electron chi connectivity index (χ2n) is 5.19. The fraction of sp³-hybridized carbons (Fsp3) is 0.0625. The molecule has 0 spiro atoms. The number of fused-ring (bicyclic) bond motifs is 1. The molecule has 0 bridgehead atoms. The molecule has 0 atom stereocenters. The molecule has 4 rings (SSSR count). The summed E-state index contributed by atoms with van der Waals surface area (Å²) >= 11 is 0. The normalized spacial score (nSPS) is 11.0. The Morgan fingerprint density at radius 2 is 2.22 bits per heavy atom. The average Bonchev–Trinajstić information content (AvgIpc) is 3.27. The van der Waals surface area contributed by atoms with E-state index in [1.807, 2.05) is 29.8 Å². The highest BCUT2D eigenvalue weighted by Gasteiger charge is 2.12. The molecule has 1 aromatic carbocycles. The molecule has 0 aliphatic carbocycles. The van der Waals surface area contributed by atoms with E-state index in [2.05, 4.69) is 20.5 Å². The summed E-state index contributed by atoms with van der Waals surface area (Å²) in [6.45, 7) is 0. The molecule has 0 aliphatic rings. The largest absolute Gasteiger partial charge is 0.472 e. The number of hydrogen-bond acceptors (Lipinski definition) is 4. The lowest BCUT2D eigenvalue weighted by Crippen LogP contribution is -2.12. The Bertz CT molecular complexity index is 981. The molecular weight excluding hydrogens is 294 g/mol. The highest BCUT2D eigenvalue weighted by Crippen LogP contribution is 2.20. The first-order chi connectivity index (χ1) is 11.2. The molecule has 0 radical (unpaired) electrons. The van der Waals surface area contributed by atoms with E-state index in [1.165, 1.54) is 0 Å². The maximum atomic E-state index is 12.3. The van der Waals surface area contributed by atoms with Gasteiger partial charge in [0.15, 0.2) is 0 Å². The van der Waals surface area contributed by atoms with Crippen molar-refractivity contribution in [3.05, 3.63) is 54.9 Å². The zero-order chi connectivity index (χ0) is 15.8. The summed E-state index contributed by atoms with van der Waals surface area (Å²) in [6, 6.07) is 9.04. The molecule has 3 heterocycles. The monoisotopic (exact) mass is 307 g/mol. The number of furan rings is 1. The maximum Gasteiger partial charge on any atom is 0.273 e. The number of rotatable bonds is 3. The van der Waals surface area contributed by atoms with E-state index in [-0.39, 0.29) is 5.91 Å². The van der Waals surface area contributed by atoms with Gasteiger partial charge in [-0.3, -0.25) is 9.89 Å². The van der Waals surface area contributed by atoms with Crippen LogP contribution in [0.1, 0.15) is 10.5 Å². The highest BCUT2D eigenvalue weighted by atomic mass is 16.3. The first-order valence-electron chi connectivity index (χ1n) is 7.01. The first kappa shape index (κ1) is 13.3. The number of aromatic amines is 1. The van der Waals surface area contributed by atoms with Gasteiger partial charge in [-0.1, -0.05) is 0 Å². The van der Waals surface area contributed by atoms with Crippen molar-refractivity contribution in [2.75, 3.05) is 5.32 Å². The fourth-order valence-electron chi connectivity index (χ4n) is 2.40. The molecule has 7 heteroatoms. The quantitative estimate of drug-likeness (QED) is 0.609. The third-order valence-corrected chi connectivity index (χ3v) is 3.62. The van der Waals surface area contributed by atoms with Crippen LogP contribution in [0.25, 0.3) is 22.3 Å². The van der Waals surface area contributed by atoms with Crippen molar-refractivity contribution in [1.82, 2.24) is 19.7 Å². The molecule has 0 unspecified atom stereocenters. The Kier molecular flexibility index (Phi) is 2.97. The molecular formula is C16H13N5O2. The van der Waals surface area contributed by atoms with Crippen LogP contribution in [0.5, 0.6) is 0 Å². The van der Waals surface area contributed by atoms with Crippen LogP contribution < -0.4 is 5.32 Å². The molecule has 0 fully saturated rings. The number of H-pyrrole nitrogens is 1. The summed E-state index contributed by atoms with van der Waals surface area (Å²) in [7, 11) is 1.91. The van der Waals surface area contributed by atoms with Gasteiger partial charge >= 0.3 is 0 Å². The van der Waals surface area contributed by atoms with Gasteiger partial charge in [0.05, 0.1) is 35.6 Å². The number of aromatic nitrogens is 4. The van der Waals surface area contributed by atoms with Crippen molar-refractivity contribution >= 4 is 22.6 Å². The number of nitrogens with zero attached hydrogens (tertiary/aromatic N) is 3. The smallest absolute Gasteiger partial charge is 0.273 e. The maximum absolute atomic E-state index is 12.3. The molecule has 4 aromatic rings. The predicted octanol–water partition coefficient (Wildman–Crippen LogP) is 2.81. The van der Waals surface area contributed by atoms with Gasteiger partial charge in [0.1, 0.15) is 5.69 Å². The number of carbonyl (C=O) groups is 1. The fourth-order valence-corrected chi connectivity index (χ4v) is 2.40. The predicted molar refractivity (Wildman–Crippen MR) is 85.0 cm³/mol. The van der Waals surface area contributed by atoms with Gasteiger partial charge in [0.2, 0.25) is 0 Å². The summed E-state index contributed by atoms with van der Waals surface area (Å²) in [5.41, 5.74) is 4.39. The number of aryl methyl sites for hydroxylation is 1. The highest BCUT2D eigenvalue weighted by molar-refractivity contribution is 6.04. The van der Waals surface area contributed by atoms with E-state index in [0.717, 1.165) is 16.6 Å². The lowest BCUT2D eigenvalue weighted by atomic mass is 10.2. The summed E-state index contributed by atoms with van der Waals surface area (Å²) in [4.78, 5) is 16.6. The molecule has 23 heavy (non-hydrogen) atoms. The Hall–Kier alpha value is -3.35. The van der Waals surface area contributed by atoms with Crippen molar-refractivity contribution in [3.8, 4) is 11.3 Å². The summed E-state index contributed by atoms with van der Waals surface area (Å²) < 4.78 is 6.92. The van der Waals surface area contributed by atoms with Crippen LogP contribution in [-0.4, -0.2) is 25.7 Å². The minimum atomic E-state index is -0.256. The second kappa shape index (κ2) is 5.13. The molecule has 2 N–H and O–H groups in total. The summed E-state index contributed by atoms with van der Waals surface area (Å²) in [5, 5.41) is 9.70. The molecule has 3 aromatic heterocycles. The average molecular weight is 307 g/mol. The van der Waals surface area contributed by atoms with Crippen molar-refractivity contribution < 1.29 is 9.21 Å². The van der Waals surface area contributed by atoms with Crippen molar-refractivity contribution in [2.24, 2.45) is 7.05 Å². The SMILES string of the molecule is Cn1cnc2ccc(NC(=O)c3cc(-c4ccoc4)n[nH]3)cc21. The lowest BCUT2D eigenvalue weighted by molar-refractivity contribution is 0.102. The molecule has 114 valence electrons. The van der Waals surface area contributed by atoms with Crippen LogP contribution in [-0.2, 0) is 7.05 Å². The number of hydrogen-bond donors (Lipinski definition) is 2. The molecule has 0 saturated carbocycles. The number of carbonyl (C=O) groups excluding carboxylic acids is 1. The van der Waals surface area contributed by atoms with Gasteiger partial charge in [0.25, 0.3) is 5.91 Å². The third-order valence-electron chi connectivity index (χ3n) is 3.62. The van der Waals surface area contributed by atoms with Gasteiger partial charge in [-0.25, -0.2) is 4.98 Å². The number of nitrogens with one attached hydrogen (secondary N) is 2. The Morgan fingerprint density at radius 3 is 3.04 bits per heavy atom. The van der Waals surface area contributed by atoms with Crippen LogP contribution in [0, 0.1) is 0 Å². The number of amides is 1. The van der Waals surface area contributed by atoms with Gasteiger partial charge in [-0.15, -0.1) is 0 Å². The summed E-state index contributed by atoms with van der Waals surface area (Å²) in [6.07, 6.45) is 4.88. The molecule has 0 aliphatic heterocycles. The minimum Gasteiger partial charge on any atom is -0.472 e. The van der Waals surface area contributed by atoms with Crippen LogP contribution in [0.4, 0.5) is 5.69 Å². The summed E-state index contributed by atoms with van der Waals surface area (Å²) in [5.74, 6) is -0.256. The standard InChI is InChI=1S/C16H13N5O2/c1-21-9-17-12-3-2-11(6-15(12)21)18-16(22)14-7-13(19-20-14)10-4-5-23-8-10/h2-9H,1H3,(H,18,22)(H,19,20). The Balaban J connectivity index is 1.58. The zero-order valence-corrected chi connectivity index (χ0v) is 12.3. The third kappa shape index (κ3) is 2.38. The number of benzene rings is 1. The van der Waals surface area contributed by atoms with E-state index in [4.69, 9.17) is 4.42 Å². The van der Waals surface area contributed by atoms with E-state index >= 15 is 0 Å². The Morgan fingerprint density at radius 1 is 1.30 bits per heavy atom. The lowest BCUT2D eigenvalue weighted by Gasteiger charge is -2.04. The Labute approximate surface area is 130 Å². The second-order valence-corrected chi connectivity index (χ2v) is 5.19. The number of anilines is 1. The van der Waals surface area contributed by atoms with E-state index in [1.54, 1.807) is 31.0 Å². The van der Waals surface area contributed by atoms with E-state index in [0.29, 0.717) is 17.1 Å². The van der Waals surface area contributed by atoms with Gasteiger partial charge < -0.3 is 14.3 Å². The van der Waals surface area contributed by atoms with Gasteiger partial charge in [0, 0.05) is 18.3 Å². The topological polar surface area (TPSA) is 88.7 Å². The van der Waals surface area contributed by atoms with Gasteiger partial charge in [-0.2, -0.15) is 5.10 Å². The zero-order valence-electron chi connectivity index (χ0n) is 12.3. The van der Waals surface area contributed by atoms with Crippen LogP contribution in [0.2, 0.25) is 0 Å². The van der Waals surface area contributed by atoms with Crippen molar-refractivity contribution in [2.45, 2.75) is 0 Å². The first-order valence-corrected chi connectivity index (χ1v) is 7.01. The van der Waals surface area contributed by atoms with Gasteiger partial charge in [-0.05, 0) is 30.3 Å². The van der Waals surface area contributed by atoms with Crippen LogP contribution >= 0.6 is 0 Å². The minimum absolute atomic E-state index is 0.256. The molecule has 0 saturated heterocycles. The van der Waals surface area contributed by atoms with Crippen molar-refractivity contribution in [3.63, 3.8) is 0 Å². The van der Waals surface area contributed by atoms with Crippen molar-refractivity contribution in [1.29, 1.82) is 0 Å². The van der Waals surface area contributed by atoms with E-state index < -0.39 is 0 Å². The molecule has 1 amide bonds. The van der Waals surface area contributed by atoms with E-state index in [9.17, 15) is 4.79 Å². The number of imidazole rings is 1. The van der Waals surface area contributed by atoms with Crippen LogP contribution in [0.3, 0.4) is 0 Å².